The number of hydrogen-bond acceptors (Lipinski definition) is 6. The van der Waals surface area contributed by atoms with Gasteiger partial charge in [-0.15, -0.1) is 17.8 Å². The van der Waals surface area contributed by atoms with Crippen LogP contribution in [-0.2, 0) is 4.74 Å². The van der Waals surface area contributed by atoms with E-state index in [1.165, 1.54) is 11.3 Å². The van der Waals surface area contributed by atoms with Crippen molar-refractivity contribution in [1.29, 1.82) is 5.26 Å². The first-order valence-corrected chi connectivity index (χ1v) is 9.89. The first-order valence-electron chi connectivity index (χ1n) is 9.01. The van der Waals surface area contributed by atoms with E-state index in [2.05, 4.69) is 27.6 Å². The van der Waals surface area contributed by atoms with Crippen molar-refractivity contribution in [2.45, 2.75) is 6.04 Å². The standard InChI is InChI=1S/C22H17N5O3S/c1-2-20-26-19(13-31-20)27-22(29)25-18(12-30-21(24)28)16-8-6-15(7-9-16)17-5-3-4-14(10-17)11-23/h1,3-10,13,18H,12H2,(H2,24,28)(H2,25,27,29)/t18-/m0/s1. The lowest BCUT2D eigenvalue weighted by Gasteiger charge is -2.19. The third-order valence-corrected chi connectivity index (χ3v) is 4.98. The summed E-state index contributed by atoms with van der Waals surface area (Å²) in [4.78, 5) is 27.5. The average Bonchev–Trinajstić information content (AvgIpc) is 3.24. The normalized spacial score (nSPS) is 10.9. The molecule has 0 saturated heterocycles. The minimum atomic E-state index is -0.949. The van der Waals surface area contributed by atoms with Gasteiger partial charge >= 0.3 is 12.1 Å². The largest absolute Gasteiger partial charge is 0.447 e. The molecule has 1 atom stereocenters. The predicted octanol–water partition coefficient (Wildman–Crippen LogP) is 3.62. The number of primary amides is 1. The van der Waals surface area contributed by atoms with Gasteiger partial charge in [0.25, 0.3) is 0 Å². The van der Waals surface area contributed by atoms with Crippen molar-refractivity contribution in [1.82, 2.24) is 10.3 Å². The van der Waals surface area contributed by atoms with Crippen LogP contribution in [0.5, 0.6) is 0 Å². The van der Waals surface area contributed by atoms with Gasteiger partial charge in [-0.25, -0.2) is 14.6 Å². The molecule has 8 nitrogen and oxygen atoms in total. The molecule has 0 bridgehead atoms. The summed E-state index contributed by atoms with van der Waals surface area (Å²) in [6.45, 7) is -0.154. The molecule has 0 fully saturated rings. The Morgan fingerprint density at radius 1 is 1.23 bits per heavy atom. The van der Waals surface area contributed by atoms with Crippen LogP contribution < -0.4 is 16.4 Å². The number of nitriles is 1. The molecule has 4 N–H and O–H groups in total. The number of aromatic nitrogens is 1. The summed E-state index contributed by atoms with van der Waals surface area (Å²) < 4.78 is 4.90. The molecular weight excluding hydrogens is 414 g/mol. The van der Waals surface area contributed by atoms with E-state index in [9.17, 15) is 9.59 Å². The molecule has 0 radical (unpaired) electrons. The summed E-state index contributed by atoms with van der Waals surface area (Å²) in [7, 11) is 0. The van der Waals surface area contributed by atoms with Gasteiger partial charge in [0.2, 0.25) is 0 Å². The number of ether oxygens (including phenoxy) is 1. The molecule has 0 aliphatic carbocycles. The van der Waals surface area contributed by atoms with Crippen LogP contribution in [0.25, 0.3) is 11.1 Å². The maximum Gasteiger partial charge on any atom is 0.404 e. The zero-order valence-electron chi connectivity index (χ0n) is 16.2. The molecule has 3 rings (SSSR count). The Bertz CT molecular complexity index is 1170. The van der Waals surface area contributed by atoms with Gasteiger partial charge in [-0.3, -0.25) is 5.32 Å². The highest BCUT2D eigenvalue weighted by atomic mass is 32.1. The third-order valence-electron chi connectivity index (χ3n) is 4.20. The zero-order chi connectivity index (χ0) is 22.2. The number of benzene rings is 2. The molecule has 9 heteroatoms. The fourth-order valence-corrected chi connectivity index (χ4v) is 3.32. The number of amides is 3. The van der Waals surface area contributed by atoms with Crippen LogP contribution >= 0.6 is 11.3 Å². The van der Waals surface area contributed by atoms with Crippen molar-refractivity contribution < 1.29 is 14.3 Å². The van der Waals surface area contributed by atoms with Crippen molar-refractivity contribution in [3.63, 3.8) is 0 Å². The minimum absolute atomic E-state index is 0.154. The number of terminal acetylenes is 1. The lowest BCUT2D eigenvalue weighted by Crippen LogP contribution is -2.36. The van der Waals surface area contributed by atoms with Crippen LogP contribution in [0.4, 0.5) is 15.4 Å². The van der Waals surface area contributed by atoms with E-state index >= 15 is 0 Å². The van der Waals surface area contributed by atoms with E-state index in [0.29, 0.717) is 22.0 Å². The first-order chi connectivity index (χ1) is 15.0. The quantitative estimate of drug-likeness (QED) is 0.513. The summed E-state index contributed by atoms with van der Waals surface area (Å²) in [5, 5.41) is 16.5. The molecule has 31 heavy (non-hydrogen) atoms. The van der Waals surface area contributed by atoms with Crippen molar-refractivity contribution in [3.8, 4) is 29.5 Å². The number of thiazole rings is 1. The Morgan fingerprint density at radius 2 is 2.00 bits per heavy atom. The van der Waals surface area contributed by atoms with Gasteiger partial charge in [-0.1, -0.05) is 36.4 Å². The molecule has 0 aliphatic heterocycles. The smallest absolute Gasteiger partial charge is 0.404 e. The topological polar surface area (TPSA) is 130 Å². The van der Waals surface area contributed by atoms with E-state index in [-0.39, 0.29) is 6.61 Å². The molecule has 0 aliphatic rings. The average molecular weight is 431 g/mol. The Balaban J connectivity index is 1.76. The molecule has 2 aromatic carbocycles. The molecule has 3 amide bonds. The second-order valence-electron chi connectivity index (χ2n) is 6.28. The number of urea groups is 1. The lowest BCUT2D eigenvalue weighted by molar-refractivity contribution is 0.144. The van der Waals surface area contributed by atoms with Crippen LogP contribution in [0.3, 0.4) is 0 Å². The molecule has 0 saturated carbocycles. The van der Waals surface area contributed by atoms with Crippen LogP contribution in [-0.4, -0.2) is 23.7 Å². The van der Waals surface area contributed by atoms with Crippen LogP contribution in [0.2, 0.25) is 0 Å². The molecule has 1 heterocycles. The Labute approximate surface area is 182 Å². The fourth-order valence-electron chi connectivity index (χ4n) is 2.77. The Kier molecular flexibility index (Phi) is 6.84. The van der Waals surface area contributed by atoms with Crippen LogP contribution in [0.15, 0.2) is 53.9 Å². The van der Waals surface area contributed by atoms with Crippen molar-refractivity contribution >= 4 is 29.3 Å². The highest BCUT2D eigenvalue weighted by Crippen LogP contribution is 2.23. The van der Waals surface area contributed by atoms with Gasteiger partial charge in [-0.05, 0) is 34.7 Å². The number of nitrogens with two attached hydrogens (primary N) is 1. The summed E-state index contributed by atoms with van der Waals surface area (Å²) in [5.41, 5.74) is 8.10. The van der Waals surface area contributed by atoms with E-state index in [1.807, 2.05) is 18.2 Å². The van der Waals surface area contributed by atoms with E-state index in [1.54, 1.807) is 35.7 Å². The second kappa shape index (κ2) is 9.92. The maximum absolute atomic E-state index is 12.4. The van der Waals surface area contributed by atoms with Gasteiger partial charge < -0.3 is 15.8 Å². The molecule has 154 valence electrons. The molecule has 0 spiro atoms. The van der Waals surface area contributed by atoms with Gasteiger partial charge in [-0.2, -0.15) is 5.26 Å². The van der Waals surface area contributed by atoms with E-state index < -0.39 is 18.2 Å². The second-order valence-corrected chi connectivity index (χ2v) is 7.14. The number of hydrogen-bond donors (Lipinski definition) is 3. The number of nitrogens with one attached hydrogen (secondary N) is 2. The van der Waals surface area contributed by atoms with Crippen molar-refractivity contribution in [3.05, 3.63) is 70.0 Å². The Morgan fingerprint density at radius 3 is 2.65 bits per heavy atom. The van der Waals surface area contributed by atoms with Gasteiger partial charge in [0.15, 0.2) is 5.01 Å². The van der Waals surface area contributed by atoms with Crippen LogP contribution in [0.1, 0.15) is 22.2 Å². The third kappa shape index (κ3) is 5.82. The monoisotopic (exact) mass is 431 g/mol. The number of nitrogens with zero attached hydrogens (tertiary/aromatic N) is 2. The highest BCUT2D eigenvalue weighted by molar-refractivity contribution is 7.10. The molecule has 0 unspecified atom stereocenters. The number of rotatable bonds is 6. The first kappa shape index (κ1) is 21.4. The summed E-state index contributed by atoms with van der Waals surface area (Å²) in [6.07, 6.45) is 4.33. The van der Waals surface area contributed by atoms with Gasteiger partial charge in [0.05, 0.1) is 17.7 Å². The van der Waals surface area contributed by atoms with Gasteiger partial charge in [0.1, 0.15) is 12.4 Å². The summed E-state index contributed by atoms with van der Waals surface area (Å²) in [5.74, 6) is 2.71. The van der Waals surface area contributed by atoms with E-state index in [0.717, 1.165) is 11.1 Å². The predicted molar refractivity (Wildman–Crippen MR) is 117 cm³/mol. The molecule has 3 aromatic rings. The van der Waals surface area contributed by atoms with Gasteiger partial charge in [0, 0.05) is 5.38 Å². The zero-order valence-corrected chi connectivity index (χ0v) is 17.0. The van der Waals surface area contributed by atoms with Crippen molar-refractivity contribution in [2.75, 3.05) is 11.9 Å². The minimum Gasteiger partial charge on any atom is -0.447 e. The summed E-state index contributed by atoms with van der Waals surface area (Å²) >= 11 is 1.23. The molecule has 1 aromatic heterocycles. The van der Waals surface area contributed by atoms with E-state index in [4.69, 9.17) is 22.2 Å². The number of carbonyl (C=O) groups is 2. The SMILES string of the molecule is C#Cc1nc(NC(=O)N[C@@H](COC(N)=O)c2ccc(-c3cccc(C#N)c3)cc2)cs1. The van der Waals surface area contributed by atoms with Crippen molar-refractivity contribution in [2.24, 2.45) is 5.73 Å². The number of anilines is 1. The Hall–Kier alpha value is -4.34. The van der Waals surface area contributed by atoms with Crippen LogP contribution in [0, 0.1) is 23.7 Å². The fraction of sp³-hybridized carbons (Fsp3) is 0.0909. The molecular formula is C22H17N5O3S. The number of carbonyl (C=O) groups excluding carboxylic acids is 2. The highest BCUT2D eigenvalue weighted by Gasteiger charge is 2.17. The maximum atomic E-state index is 12.4. The lowest BCUT2D eigenvalue weighted by atomic mass is 10.00. The summed E-state index contributed by atoms with van der Waals surface area (Å²) in [6, 6.07) is 15.4.